The second-order valence-electron chi connectivity index (χ2n) is 4.57. The van der Waals surface area contributed by atoms with Crippen LogP contribution in [0.4, 0.5) is 0 Å². The average Bonchev–Trinajstić information content (AvgIpc) is 2.48. The van der Waals surface area contributed by atoms with E-state index in [1.54, 1.807) is 0 Å². The molecule has 0 nitrogen and oxygen atoms in total. The molecule has 0 aromatic carbocycles. The van der Waals surface area contributed by atoms with E-state index in [2.05, 4.69) is 80.3 Å². The molecule has 2 unspecified atom stereocenters. The average molecular weight is 222 g/mol. The van der Waals surface area contributed by atoms with Gasteiger partial charge < -0.3 is 0 Å². The molecule has 0 amide bonds. The zero-order valence-corrected chi connectivity index (χ0v) is 10.4. The van der Waals surface area contributed by atoms with Gasteiger partial charge in [0.05, 0.1) is 0 Å². The fourth-order valence-corrected chi connectivity index (χ4v) is 1.81. The van der Waals surface area contributed by atoms with Crippen molar-refractivity contribution in [2.24, 2.45) is 11.8 Å². The van der Waals surface area contributed by atoms with Crippen molar-refractivity contribution in [1.29, 1.82) is 0 Å². The highest BCUT2D eigenvalue weighted by atomic mass is 14.1. The van der Waals surface area contributed by atoms with Gasteiger partial charge in [0.2, 0.25) is 0 Å². The van der Waals surface area contributed by atoms with E-state index < -0.39 is 0 Å². The van der Waals surface area contributed by atoms with E-state index in [9.17, 15) is 0 Å². The Morgan fingerprint density at radius 2 is 1.59 bits per heavy atom. The van der Waals surface area contributed by atoms with Gasteiger partial charge in [0.1, 0.15) is 0 Å². The van der Waals surface area contributed by atoms with Gasteiger partial charge in [0, 0.05) is 0 Å². The molecule has 0 heterocycles. The molecule has 0 aromatic heterocycles. The van der Waals surface area contributed by atoms with Crippen LogP contribution >= 0.6 is 0 Å². The smallest absolute Gasteiger partial charge is 0.000279 e. The highest BCUT2D eigenvalue weighted by molar-refractivity contribution is 5.50. The monoisotopic (exact) mass is 222 g/mol. The first-order valence-electron chi connectivity index (χ1n) is 6.14. The van der Waals surface area contributed by atoms with Crippen molar-refractivity contribution >= 4 is 0 Å². The minimum absolute atomic E-state index is 0.461. The third-order valence-corrected chi connectivity index (χ3v) is 2.89. The molecule has 0 spiro atoms. The van der Waals surface area contributed by atoms with Crippen molar-refractivity contribution in [2.75, 3.05) is 0 Å². The summed E-state index contributed by atoms with van der Waals surface area (Å²) in [5.41, 5.74) is 5.70. The van der Waals surface area contributed by atoms with Gasteiger partial charge in [-0.1, -0.05) is 62.5 Å². The summed E-state index contributed by atoms with van der Waals surface area (Å²) in [6, 6.07) is 0. The van der Waals surface area contributed by atoms with Gasteiger partial charge in [0.15, 0.2) is 0 Å². The number of hydrogen-bond donors (Lipinski definition) is 0. The topological polar surface area (TPSA) is 0 Å². The zero-order valence-electron chi connectivity index (χ0n) is 10.4. The molecule has 2 aliphatic rings. The summed E-state index contributed by atoms with van der Waals surface area (Å²) in [4.78, 5) is 0. The normalized spacial score (nSPS) is 32.1. The van der Waals surface area contributed by atoms with Gasteiger partial charge in [-0.05, 0) is 35.1 Å². The Labute approximate surface area is 104 Å². The minimum Gasteiger partial charge on any atom is -0.124 e. The Balaban J connectivity index is 2.29. The van der Waals surface area contributed by atoms with Crippen LogP contribution in [0.15, 0.2) is 77.6 Å². The first-order valence-corrected chi connectivity index (χ1v) is 6.14. The molecule has 2 atom stereocenters. The van der Waals surface area contributed by atoms with Gasteiger partial charge in [-0.15, -0.1) is 5.73 Å². The lowest BCUT2D eigenvalue weighted by Gasteiger charge is -2.03. The van der Waals surface area contributed by atoms with Crippen LogP contribution in [0.25, 0.3) is 0 Å². The lowest BCUT2D eigenvalue weighted by Crippen LogP contribution is -1.86. The second kappa shape index (κ2) is 5.52. The van der Waals surface area contributed by atoms with Crippen LogP contribution in [-0.4, -0.2) is 0 Å². The number of hydrogen-bond acceptors (Lipinski definition) is 0. The van der Waals surface area contributed by atoms with Crippen molar-refractivity contribution in [1.82, 2.24) is 0 Å². The predicted molar refractivity (Wildman–Crippen MR) is 74.6 cm³/mol. The Hall–Kier alpha value is -1.78. The maximum absolute atomic E-state index is 3.25. The predicted octanol–water partition coefficient (Wildman–Crippen LogP) is 4.52. The van der Waals surface area contributed by atoms with E-state index in [1.807, 2.05) is 0 Å². The van der Waals surface area contributed by atoms with E-state index >= 15 is 0 Å². The molecule has 0 saturated carbocycles. The summed E-state index contributed by atoms with van der Waals surface area (Å²) in [7, 11) is 0. The summed E-state index contributed by atoms with van der Waals surface area (Å²) in [5.74, 6) is 0.968. The van der Waals surface area contributed by atoms with Crippen LogP contribution in [0.2, 0.25) is 0 Å². The van der Waals surface area contributed by atoms with Crippen LogP contribution in [-0.2, 0) is 0 Å². The summed E-state index contributed by atoms with van der Waals surface area (Å²) >= 11 is 0. The lowest BCUT2D eigenvalue weighted by molar-refractivity contribution is 0.940. The molecule has 0 fully saturated rings. The van der Waals surface area contributed by atoms with Crippen LogP contribution < -0.4 is 0 Å². The maximum Gasteiger partial charge on any atom is -0.000279 e. The Bertz CT molecular complexity index is 486. The van der Waals surface area contributed by atoms with E-state index in [0.29, 0.717) is 11.8 Å². The first-order chi connectivity index (χ1) is 8.25. The minimum atomic E-state index is 0.461. The SMILES string of the molecule is CC1C=CC=C(/C2=C/C=C\C(C)C=C=C2)C=C1. The largest absolute Gasteiger partial charge is 0.124 e. The van der Waals surface area contributed by atoms with E-state index in [0.717, 1.165) is 0 Å². The molecular formula is C17H18. The molecule has 0 radical (unpaired) electrons. The van der Waals surface area contributed by atoms with Crippen molar-refractivity contribution in [3.8, 4) is 0 Å². The molecule has 17 heavy (non-hydrogen) atoms. The summed E-state index contributed by atoms with van der Waals surface area (Å²) in [5, 5.41) is 0. The maximum atomic E-state index is 3.25. The summed E-state index contributed by atoms with van der Waals surface area (Å²) in [6.07, 6.45) is 21.5. The first kappa shape index (κ1) is 11.7. The van der Waals surface area contributed by atoms with E-state index in [1.165, 1.54) is 11.1 Å². The van der Waals surface area contributed by atoms with Crippen molar-refractivity contribution in [2.45, 2.75) is 13.8 Å². The van der Waals surface area contributed by atoms with E-state index in [4.69, 9.17) is 0 Å². The highest BCUT2D eigenvalue weighted by Crippen LogP contribution is 2.19. The molecule has 0 saturated heterocycles. The van der Waals surface area contributed by atoms with Crippen LogP contribution in [0.1, 0.15) is 13.8 Å². The summed E-state index contributed by atoms with van der Waals surface area (Å²) in [6.45, 7) is 4.35. The molecule has 0 bridgehead atoms. The highest BCUT2D eigenvalue weighted by Gasteiger charge is 2.01. The Morgan fingerprint density at radius 3 is 2.41 bits per heavy atom. The third kappa shape index (κ3) is 3.34. The van der Waals surface area contributed by atoms with Crippen molar-refractivity contribution in [3.05, 3.63) is 77.6 Å². The number of allylic oxidation sites excluding steroid dienone is 11. The van der Waals surface area contributed by atoms with Gasteiger partial charge in [-0.2, -0.15) is 0 Å². The molecule has 0 N–H and O–H groups in total. The van der Waals surface area contributed by atoms with Gasteiger partial charge >= 0.3 is 0 Å². The Morgan fingerprint density at radius 1 is 0.882 bits per heavy atom. The van der Waals surface area contributed by atoms with Gasteiger partial charge in [-0.25, -0.2) is 0 Å². The fourth-order valence-electron chi connectivity index (χ4n) is 1.81. The Kier molecular flexibility index (Phi) is 3.80. The lowest BCUT2D eigenvalue weighted by atomic mass is 10.0. The molecular weight excluding hydrogens is 204 g/mol. The van der Waals surface area contributed by atoms with E-state index in [-0.39, 0.29) is 0 Å². The molecule has 0 heteroatoms. The molecule has 0 aliphatic heterocycles. The molecule has 86 valence electrons. The van der Waals surface area contributed by atoms with Gasteiger partial charge in [0.25, 0.3) is 0 Å². The zero-order chi connectivity index (χ0) is 12.1. The number of rotatable bonds is 1. The third-order valence-electron chi connectivity index (χ3n) is 2.89. The standard InChI is InChI=1S/C17H18/c1-14-6-3-9-16(10-4-7-14)17-11-5-8-15(2)12-13-17/h3,5-15H,1-2H3/b6-3-,16-9+. The van der Waals surface area contributed by atoms with Crippen LogP contribution in [0, 0.1) is 11.8 Å². The van der Waals surface area contributed by atoms with Gasteiger partial charge in [-0.3, -0.25) is 0 Å². The fraction of sp³-hybridized carbons (Fsp3) is 0.235. The van der Waals surface area contributed by atoms with Crippen LogP contribution in [0.5, 0.6) is 0 Å². The second-order valence-corrected chi connectivity index (χ2v) is 4.57. The quantitative estimate of drug-likeness (QED) is 0.572. The summed E-state index contributed by atoms with van der Waals surface area (Å²) < 4.78 is 0. The molecule has 0 aromatic rings. The molecule has 2 rings (SSSR count). The van der Waals surface area contributed by atoms with Crippen molar-refractivity contribution < 1.29 is 0 Å². The van der Waals surface area contributed by atoms with Crippen molar-refractivity contribution in [3.63, 3.8) is 0 Å². The molecule has 2 aliphatic carbocycles. The van der Waals surface area contributed by atoms with Crippen LogP contribution in [0.3, 0.4) is 0 Å².